The van der Waals surface area contributed by atoms with Gasteiger partial charge in [-0.15, -0.1) is 0 Å². The van der Waals surface area contributed by atoms with Crippen LogP contribution in [0.4, 0.5) is 18.9 Å². The average Bonchev–Trinajstić information content (AvgIpc) is 2.37. The van der Waals surface area contributed by atoms with Gasteiger partial charge in [-0.25, -0.2) is 0 Å². The number of aliphatic imine (C=N–C) groups is 1. The highest BCUT2D eigenvalue weighted by molar-refractivity contribution is 5.85. The van der Waals surface area contributed by atoms with Crippen LogP contribution < -0.4 is 0 Å². The fraction of sp³-hybridized carbons (Fsp3) is 0.0714. The Morgan fingerprint density at radius 2 is 1.58 bits per heavy atom. The number of phenolic OH excluding ortho intramolecular Hbond substituents is 1. The molecular weight excluding hydrogens is 255 g/mol. The van der Waals surface area contributed by atoms with Crippen LogP contribution in [0.15, 0.2) is 53.5 Å². The number of alkyl halides is 3. The normalized spacial score (nSPS) is 11.9. The van der Waals surface area contributed by atoms with E-state index in [1.807, 2.05) is 0 Å². The van der Waals surface area contributed by atoms with Gasteiger partial charge in [0.2, 0.25) is 0 Å². The number of hydrogen-bond acceptors (Lipinski definition) is 2. The summed E-state index contributed by atoms with van der Waals surface area (Å²) >= 11 is 0. The lowest BCUT2D eigenvalue weighted by molar-refractivity contribution is -0.137. The summed E-state index contributed by atoms with van der Waals surface area (Å²) in [6.07, 6.45) is -2.95. The van der Waals surface area contributed by atoms with Crippen molar-refractivity contribution in [2.24, 2.45) is 4.99 Å². The van der Waals surface area contributed by atoms with Crippen molar-refractivity contribution in [3.63, 3.8) is 0 Å². The van der Waals surface area contributed by atoms with Crippen LogP contribution in [0.1, 0.15) is 11.1 Å². The Morgan fingerprint density at radius 1 is 0.947 bits per heavy atom. The third-order valence-electron chi connectivity index (χ3n) is 2.48. The molecule has 0 aromatic heterocycles. The molecule has 0 amide bonds. The second kappa shape index (κ2) is 5.14. The van der Waals surface area contributed by atoms with Crippen molar-refractivity contribution in [1.29, 1.82) is 0 Å². The summed E-state index contributed by atoms with van der Waals surface area (Å²) < 4.78 is 37.1. The summed E-state index contributed by atoms with van der Waals surface area (Å²) in [5.74, 6) is 0.0677. The zero-order valence-corrected chi connectivity index (χ0v) is 9.72. The third kappa shape index (κ3) is 3.34. The Kier molecular flexibility index (Phi) is 3.55. The van der Waals surface area contributed by atoms with E-state index >= 15 is 0 Å². The standard InChI is InChI=1S/C14H10F3NO/c15-14(16,17)11-5-7-12(8-6-11)18-9-10-3-1-2-4-13(10)19/h1-9,19H/b18-9+. The van der Waals surface area contributed by atoms with E-state index in [-0.39, 0.29) is 5.75 Å². The highest BCUT2D eigenvalue weighted by Crippen LogP contribution is 2.30. The van der Waals surface area contributed by atoms with Crippen LogP contribution in [0, 0.1) is 0 Å². The zero-order chi connectivity index (χ0) is 13.9. The van der Waals surface area contributed by atoms with Gasteiger partial charge in [0.05, 0.1) is 11.3 Å². The van der Waals surface area contributed by atoms with E-state index in [9.17, 15) is 18.3 Å². The van der Waals surface area contributed by atoms with Crippen molar-refractivity contribution >= 4 is 11.9 Å². The predicted octanol–water partition coefficient (Wildman–Crippen LogP) is 4.16. The molecule has 19 heavy (non-hydrogen) atoms. The van der Waals surface area contributed by atoms with Gasteiger partial charge in [-0.05, 0) is 36.4 Å². The highest BCUT2D eigenvalue weighted by Gasteiger charge is 2.29. The van der Waals surface area contributed by atoms with E-state index in [4.69, 9.17) is 0 Å². The smallest absolute Gasteiger partial charge is 0.416 e. The second-order valence-electron chi connectivity index (χ2n) is 3.86. The van der Waals surface area contributed by atoms with E-state index in [1.165, 1.54) is 24.4 Å². The summed E-state index contributed by atoms with van der Waals surface area (Å²) in [7, 11) is 0. The van der Waals surface area contributed by atoms with Gasteiger partial charge in [-0.3, -0.25) is 4.99 Å². The minimum Gasteiger partial charge on any atom is -0.507 e. The summed E-state index contributed by atoms with van der Waals surface area (Å²) in [6, 6.07) is 11.1. The van der Waals surface area contributed by atoms with Gasteiger partial charge in [-0.1, -0.05) is 12.1 Å². The SMILES string of the molecule is Oc1ccccc1/C=N/c1ccc(C(F)(F)F)cc1. The fourth-order valence-corrected chi connectivity index (χ4v) is 1.48. The number of phenols is 1. The maximum absolute atomic E-state index is 12.4. The molecule has 98 valence electrons. The van der Waals surface area contributed by atoms with Gasteiger partial charge in [0.1, 0.15) is 5.75 Å². The lowest BCUT2D eigenvalue weighted by Gasteiger charge is -2.05. The summed E-state index contributed by atoms with van der Waals surface area (Å²) in [6.45, 7) is 0. The Morgan fingerprint density at radius 3 is 2.16 bits per heavy atom. The van der Waals surface area contributed by atoms with Crippen molar-refractivity contribution in [1.82, 2.24) is 0 Å². The number of halogens is 3. The molecule has 5 heteroatoms. The van der Waals surface area contributed by atoms with Crippen LogP contribution >= 0.6 is 0 Å². The van der Waals surface area contributed by atoms with Gasteiger partial charge in [0.25, 0.3) is 0 Å². The van der Waals surface area contributed by atoms with E-state index in [1.54, 1.807) is 18.2 Å². The number of benzene rings is 2. The minimum atomic E-state index is -4.35. The van der Waals surface area contributed by atoms with Gasteiger partial charge in [-0.2, -0.15) is 13.2 Å². The Balaban J connectivity index is 2.19. The molecule has 0 saturated heterocycles. The third-order valence-corrected chi connectivity index (χ3v) is 2.48. The first kappa shape index (κ1) is 13.1. The molecule has 0 atom stereocenters. The molecule has 0 bridgehead atoms. The second-order valence-corrected chi connectivity index (χ2v) is 3.86. The Labute approximate surface area is 107 Å². The van der Waals surface area contributed by atoms with Crippen LogP contribution in [-0.2, 0) is 6.18 Å². The number of aromatic hydroxyl groups is 1. The Bertz CT molecular complexity index is 588. The molecule has 2 aromatic carbocycles. The summed E-state index contributed by atoms with van der Waals surface area (Å²) in [4.78, 5) is 4.01. The quantitative estimate of drug-likeness (QED) is 0.812. The molecular formula is C14H10F3NO. The number of rotatable bonds is 2. The Hall–Kier alpha value is -2.30. The molecule has 2 aromatic rings. The summed E-state index contributed by atoms with van der Waals surface area (Å²) in [5, 5.41) is 9.50. The first-order valence-corrected chi connectivity index (χ1v) is 5.46. The van der Waals surface area contributed by atoms with Crippen LogP contribution in [0.5, 0.6) is 5.75 Å². The minimum absolute atomic E-state index is 0.0677. The van der Waals surface area contributed by atoms with Crippen LogP contribution in [-0.4, -0.2) is 11.3 Å². The van der Waals surface area contributed by atoms with Gasteiger partial charge in [0, 0.05) is 11.8 Å². The van der Waals surface area contributed by atoms with Gasteiger partial charge < -0.3 is 5.11 Å². The van der Waals surface area contributed by atoms with E-state index in [2.05, 4.69) is 4.99 Å². The highest BCUT2D eigenvalue weighted by atomic mass is 19.4. The molecule has 0 aliphatic rings. The average molecular weight is 265 g/mol. The van der Waals surface area contributed by atoms with Gasteiger partial charge >= 0.3 is 6.18 Å². The van der Waals surface area contributed by atoms with Crippen molar-refractivity contribution in [2.45, 2.75) is 6.18 Å². The monoisotopic (exact) mass is 265 g/mol. The number of hydrogen-bond donors (Lipinski definition) is 1. The largest absolute Gasteiger partial charge is 0.507 e. The molecule has 0 heterocycles. The van der Waals surface area contributed by atoms with Crippen LogP contribution in [0.25, 0.3) is 0 Å². The van der Waals surface area contributed by atoms with Gasteiger partial charge in [0.15, 0.2) is 0 Å². The molecule has 0 unspecified atom stereocenters. The topological polar surface area (TPSA) is 32.6 Å². The fourth-order valence-electron chi connectivity index (χ4n) is 1.48. The lowest BCUT2D eigenvalue weighted by atomic mass is 10.2. The maximum atomic E-state index is 12.4. The molecule has 0 saturated carbocycles. The van der Waals surface area contributed by atoms with Crippen LogP contribution in [0.2, 0.25) is 0 Å². The molecule has 2 nitrogen and oxygen atoms in total. The van der Waals surface area contributed by atoms with Crippen molar-refractivity contribution in [3.8, 4) is 5.75 Å². The molecule has 0 spiro atoms. The van der Waals surface area contributed by atoms with E-state index in [0.717, 1.165) is 12.1 Å². The van der Waals surface area contributed by atoms with Crippen molar-refractivity contribution in [3.05, 3.63) is 59.7 Å². The number of nitrogens with zero attached hydrogens (tertiary/aromatic N) is 1. The molecule has 2 rings (SSSR count). The summed E-state index contributed by atoms with van der Waals surface area (Å²) in [5.41, 5.74) is 0.174. The maximum Gasteiger partial charge on any atom is 0.416 e. The van der Waals surface area contributed by atoms with E-state index < -0.39 is 11.7 Å². The number of para-hydroxylation sites is 1. The van der Waals surface area contributed by atoms with Crippen LogP contribution in [0.3, 0.4) is 0 Å². The van der Waals surface area contributed by atoms with Crippen molar-refractivity contribution in [2.75, 3.05) is 0 Å². The van der Waals surface area contributed by atoms with E-state index in [0.29, 0.717) is 11.3 Å². The zero-order valence-electron chi connectivity index (χ0n) is 9.72. The molecule has 0 radical (unpaired) electrons. The lowest BCUT2D eigenvalue weighted by Crippen LogP contribution is -2.03. The van der Waals surface area contributed by atoms with Crippen molar-refractivity contribution < 1.29 is 18.3 Å². The molecule has 0 fully saturated rings. The molecule has 0 aliphatic carbocycles. The molecule has 0 aliphatic heterocycles. The predicted molar refractivity (Wildman–Crippen MR) is 66.8 cm³/mol. The molecule has 1 N–H and O–H groups in total. The first-order chi connectivity index (χ1) is 8.97. The first-order valence-electron chi connectivity index (χ1n) is 5.46.